The van der Waals surface area contributed by atoms with Crippen LogP contribution in [-0.4, -0.2) is 36.1 Å². The monoisotopic (exact) mass is 428 g/mol. The Bertz CT molecular complexity index is 1090. The molecular formula is C21H21ClN4S2. The summed E-state index contributed by atoms with van der Waals surface area (Å²) in [6.45, 7) is 10.2. The molecule has 0 N–H and O–H groups in total. The average Bonchev–Trinajstić information content (AvgIpc) is 3.26. The minimum Gasteiger partial charge on any atom is -0.345 e. The fourth-order valence-electron chi connectivity index (χ4n) is 3.86. The fourth-order valence-corrected chi connectivity index (χ4v) is 6.53. The van der Waals surface area contributed by atoms with Crippen molar-refractivity contribution in [1.82, 2.24) is 9.97 Å². The van der Waals surface area contributed by atoms with E-state index in [4.69, 9.17) is 21.6 Å². The molecule has 3 heterocycles. The predicted octanol–water partition coefficient (Wildman–Crippen LogP) is 5.81. The molecular weight excluding hydrogens is 408 g/mol. The summed E-state index contributed by atoms with van der Waals surface area (Å²) in [6.07, 6.45) is 0. The van der Waals surface area contributed by atoms with Crippen LogP contribution in [0.5, 0.6) is 0 Å². The molecule has 4 aromatic rings. The van der Waals surface area contributed by atoms with Gasteiger partial charge >= 0.3 is 0 Å². The van der Waals surface area contributed by atoms with Crippen LogP contribution in [0.25, 0.3) is 20.4 Å². The van der Waals surface area contributed by atoms with Gasteiger partial charge in [0.15, 0.2) is 10.3 Å². The minimum absolute atomic E-state index is 0.784. The molecule has 5 rings (SSSR count). The number of anilines is 2. The summed E-state index contributed by atoms with van der Waals surface area (Å²) in [4.78, 5) is 14.6. The van der Waals surface area contributed by atoms with Crippen molar-refractivity contribution < 1.29 is 0 Å². The number of rotatable bonds is 2. The number of piperazine rings is 1. The number of hydrogen-bond donors (Lipinski definition) is 0. The molecule has 0 aliphatic carbocycles. The van der Waals surface area contributed by atoms with Crippen molar-refractivity contribution in [2.75, 3.05) is 36.0 Å². The maximum absolute atomic E-state index is 6.21. The highest BCUT2D eigenvalue weighted by molar-refractivity contribution is 7.22. The highest BCUT2D eigenvalue weighted by Crippen LogP contribution is 2.35. The fraction of sp³-hybridized carbons (Fsp3) is 0.333. The third kappa shape index (κ3) is 3.13. The number of hydrogen-bond acceptors (Lipinski definition) is 6. The van der Waals surface area contributed by atoms with Crippen LogP contribution in [0.2, 0.25) is 5.02 Å². The van der Waals surface area contributed by atoms with E-state index in [0.29, 0.717) is 0 Å². The third-order valence-electron chi connectivity index (χ3n) is 5.28. The molecule has 1 saturated heterocycles. The lowest BCUT2D eigenvalue weighted by atomic mass is 10.1. The van der Waals surface area contributed by atoms with Gasteiger partial charge in [0.05, 0.1) is 20.4 Å². The standard InChI is InChI=1S/C21H21ClN4S2/c1-12-8-13(2)18-16(9-12)27-20(23-18)25-4-6-26(7-5-25)21-24-19-14(3)10-15(22)11-17(19)28-21/h8-11H,4-7H2,1-3H3. The highest BCUT2D eigenvalue weighted by Gasteiger charge is 2.23. The van der Waals surface area contributed by atoms with Gasteiger partial charge in [0.1, 0.15) is 0 Å². The average molecular weight is 429 g/mol. The number of aromatic nitrogens is 2. The number of fused-ring (bicyclic) bond motifs is 2. The molecule has 144 valence electrons. The van der Waals surface area contributed by atoms with Gasteiger partial charge in [-0.1, -0.05) is 40.3 Å². The summed E-state index contributed by atoms with van der Waals surface area (Å²) in [6, 6.07) is 8.47. The number of nitrogens with zero attached hydrogens (tertiary/aromatic N) is 4. The maximum atomic E-state index is 6.21. The van der Waals surface area contributed by atoms with Crippen molar-refractivity contribution in [1.29, 1.82) is 0 Å². The normalized spacial score (nSPS) is 15.1. The van der Waals surface area contributed by atoms with Crippen molar-refractivity contribution >= 4 is 65.0 Å². The largest absolute Gasteiger partial charge is 0.345 e. The number of benzene rings is 2. The molecule has 4 nitrogen and oxygen atoms in total. The number of thiazole rings is 2. The lowest BCUT2D eigenvalue weighted by Crippen LogP contribution is -2.46. The molecule has 2 aromatic carbocycles. The Morgan fingerprint density at radius 1 is 0.750 bits per heavy atom. The van der Waals surface area contributed by atoms with Gasteiger partial charge in [-0.25, -0.2) is 9.97 Å². The molecule has 1 aliphatic rings. The van der Waals surface area contributed by atoms with E-state index >= 15 is 0 Å². The van der Waals surface area contributed by atoms with Crippen LogP contribution in [0.1, 0.15) is 16.7 Å². The van der Waals surface area contributed by atoms with Gasteiger partial charge < -0.3 is 9.80 Å². The molecule has 0 amide bonds. The third-order valence-corrected chi connectivity index (χ3v) is 7.62. The topological polar surface area (TPSA) is 32.3 Å². The molecule has 0 bridgehead atoms. The molecule has 0 spiro atoms. The number of halogens is 1. The van der Waals surface area contributed by atoms with Crippen LogP contribution in [0, 0.1) is 20.8 Å². The van der Waals surface area contributed by atoms with E-state index in [2.05, 4.69) is 42.7 Å². The lowest BCUT2D eigenvalue weighted by Gasteiger charge is -2.34. The van der Waals surface area contributed by atoms with Crippen molar-refractivity contribution in [2.24, 2.45) is 0 Å². The number of aryl methyl sites for hydroxylation is 3. The van der Waals surface area contributed by atoms with Crippen molar-refractivity contribution in [3.8, 4) is 0 Å². The SMILES string of the molecule is Cc1cc(C)c2nc(N3CCN(c4nc5c(C)cc(Cl)cc5s4)CC3)sc2c1. The van der Waals surface area contributed by atoms with Crippen LogP contribution in [0.4, 0.5) is 10.3 Å². The summed E-state index contributed by atoms with van der Waals surface area (Å²) >= 11 is 9.75. The zero-order chi connectivity index (χ0) is 19.4. The quantitative estimate of drug-likeness (QED) is 0.403. The summed E-state index contributed by atoms with van der Waals surface area (Å²) in [5.74, 6) is 0. The Balaban J connectivity index is 1.36. The van der Waals surface area contributed by atoms with E-state index in [9.17, 15) is 0 Å². The Labute approximate surface area is 177 Å². The molecule has 2 aromatic heterocycles. The second-order valence-corrected chi connectivity index (χ2v) is 9.92. The Kier molecular flexibility index (Phi) is 4.45. The van der Waals surface area contributed by atoms with Crippen LogP contribution < -0.4 is 9.80 Å². The summed E-state index contributed by atoms with van der Waals surface area (Å²) in [5.41, 5.74) is 5.93. The van der Waals surface area contributed by atoms with Crippen molar-refractivity contribution in [2.45, 2.75) is 20.8 Å². The smallest absolute Gasteiger partial charge is 0.186 e. The van der Waals surface area contributed by atoms with Crippen molar-refractivity contribution in [3.63, 3.8) is 0 Å². The first kappa shape index (κ1) is 18.2. The molecule has 0 saturated carbocycles. The maximum Gasteiger partial charge on any atom is 0.186 e. The van der Waals surface area contributed by atoms with Gasteiger partial charge in [0.2, 0.25) is 0 Å². The second-order valence-electron chi connectivity index (χ2n) is 7.46. The van der Waals surface area contributed by atoms with Gasteiger partial charge in [0.25, 0.3) is 0 Å². The predicted molar refractivity (Wildman–Crippen MR) is 123 cm³/mol. The van der Waals surface area contributed by atoms with Gasteiger partial charge in [-0.2, -0.15) is 0 Å². The Hall–Kier alpha value is -1.89. The Morgan fingerprint density at radius 2 is 1.25 bits per heavy atom. The van der Waals surface area contributed by atoms with Gasteiger partial charge in [-0.05, 0) is 55.7 Å². The van der Waals surface area contributed by atoms with Crippen LogP contribution in [0.3, 0.4) is 0 Å². The first-order valence-corrected chi connectivity index (χ1v) is 11.4. The van der Waals surface area contributed by atoms with E-state index in [1.165, 1.54) is 20.5 Å². The second kappa shape index (κ2) is 6.87. The molecule has 7 heteroatoms. The zero-order valence-corrected chi connectivity index (χ0v) is 18.5. The van der Waals surface area contributed by atoms with E-state index in [-0.39, 0.29) is 0 Å². The van der Waals surface area contributed by atoms with Crippen LogP contribution in [-0.2, 0) is 0 Å². The molecule has 28 heavy (non-hydrogen) atoms. The highest BCUT2D eigenvalue weighted by atomic mass is 35.5. The molecule has 1 aliphatic heterocycles. The van der Waals surface area contributed by atoms with Gasteiger partial charge in [0, 0.05) is 31.2 Å². The molecule has 0 unspecified atom stereocenters. The van der Waals surface area contributed by atoms with Crippen molar-refractivity contribution in [3.05, 3.63) is 46.0 Å². The minimum atomic E-state index is 0.784. The van der Waals surface area contributed by atoms with Gasteiger partial charge in [-0.15, -0.1) is 0 Å². The van der Waals surface area contributed by atoms with E-state index < -0.39 is 0 Å². The lowest BCUT2D eigenvalue weighted by molar-refractivity contribution is 0.651. The Morgan fingerprint density at radius 3 is 1.82 bits per heavy atom. The summed E-state index contributed by atoms with van der Waals surface area (Å²) in [7, 11) is 0. The molecule has 1 fully saturated rings. The van der Waals surface area contributed by atoms with Crippen LogP contribution in [0.15, 0.2) is 24.3 Å². The summed E-state index contributed by atoms with van der Waals surface area (Å²) < 4.78 is 2.45. The van der Waals surface area contributed by atoms with Gasteiger partial charge in [-0.3, -0.25) is 0 Å². The first-order valence-electron chi connectivity index (χ1n) is 9.42. The van der Waals surface area contributed by atoms with E-state index in [1.807, 2.05) is 12.1 Å². The molecule has 0 radical (unpaired) electrons. The van der Waals surface area contributed by atoms with E-state index in [1.54, 1.807) is 22.7 Å². The van der Waals surface area contributed by atoms with E-state index in [0.717, 1.165) is 58.1 Å². The summed E-state index contributed by atoms with van der Waals surface area (Å²) in [5, 5.41) is 3.01. The van der Waals surface area contributed by atoms with Crippen LogP contribution >= 0.6 is 34.3 Å². The first-order chi connectivity index (χ1) is 13.5. The molecule has 0 atom stereocenters. The zero-order valence-electron chi connectivity index (χ0n) is 16.1.